The first-order chi connectivity index (χ1) is 33.4. The van der Waals surface area contributed by atoms with E-state index >= 15 is 0 Å². The lowest BCUT2D eigenvalue weighted by atomic mass is 9.64. The summed E-state index contributed by atoms with van der Waals surface area (Å²) in [7, 11) is 5.91. The molecule has 11 heteroatoms. The molecule has 2 aliphatic carbocycles. The number of ether oxygens (including phenoxy) is 1. The lowest BCUT2D eigenvalue weighted by molar-refractivity contribution is 0.170. The number of allylic oxidation sites excluding steroid dienone is 1. The Hall–Kier alpha value is -9.06. The number of phenolic OH excluding ortho intramolecular Hbond substituents is 4. The van der Waals surface area contributed by atoms with Gasteiger partial charge in [0, 0.05) is 11.1 Å². The van der Waals surface area contributed by atoms with Gasteiger partial charge >= 0.3 is 0 Å². The molecular formula is C58H37BO10. The zero-order valence-corrected chi connectivity index (χ0v) is 36.2. The van der Waals surface area contributed by atoms with Crippen LogP contribution in [0.2, 0.25) is 0 Å². The quantitative estimate of drug-likeness (QED) is 0.0355. The topological polar surface area (TPSA) is 191 Å². The summed E-state index contributed by atoms with van der Waals surface area (Å²) in [6.07, 6.45) is -0.862. The smallest absolute Gasteiger partial charge is 0.199 e. The van der Waals surface area contributed by atoms with E-state index in [0.29, 0.717) is 22.4 Å². The molecule has 332 valence electrons. The molecule has 0 saturated heterocycles. The van der Waals surface area contributed by atoms with Crippen molar-refractivity contribution >= 4 is 40.4 Å². The van der Waals surface area contributed by atoms with Gasteiger partial charge in [0.25, 0.3) is 0 Å². The third-order valence-corrected chi connectivity index (χ3v) is 13.9. The number of hydrogen-bond donors (Lipinski definition) is 9. The molecule has 0 saturated carbocycles. The lowest BCUT2D eigenvalue weighted by Gasteiger charge is -2.40. The summed E-state index contributed by atoms with van der Waals surface area (Å²) in [5.74, 6) is -5.24. The molecule has 1 atom stereocenters. The summed E-state index contributed by atoms with van der Waals surface area (Å²) in [5.41, 5.74) is 6.62. The fraction of sp³-hybridized carbons (Fsp3) is 0.0345. The van der Waals surface area contributed by atoms with Crippen LogP contribution >= 0.6 is 0 Å². The van der Waals surface area contributed by atoms with Gasteiger partial charge in [0.1, 0.15) is 31.2 Å². The van der Waals surface area contributed by atoms with E-state index in [0.717, 1.165) is 72.3 Å². The molecule has 12 rings (SSSR count). The highest BCUT2D eigenvalue weighted by molar-refractivity contribution is 6.37. The van der Waals surface area contributed by atoms with Crippen LogP contribution in [0.4, 0.5) is 0 Å². The third kappa shape index (κ3) is 5.77. The normalized spacial score (nSPS) is 15.6. The highest BCUT2D eigenvalue weighted by Gasteiger charge is 2.53. The Morgan fingerprint density at radius 3 is 1.59 bits per heavy atom. The highest BCUT2D eigenvalue weighted by atomic mass is 16.5. The molecule has 1 aliphatic heterocycles. The second kappa shape index (κ2) is 15.0. The Kier molecular flexibility index (Phi) is 8.98. The summed E-state index contributed by atoms with van der Waals surface area (Å²) < 4.78 is 7.08. The second-order valence-corrected chi connectivity index (χ2v) is 17.5. The first-order valence-electron chi connectivity index (χ1n) is 22.0. The van der Waals surface area contributed by atoms with Crippen LogP contribution in [0.3, 0.4) is 0 Å². The molecule has 9 N–H and O–H groups in total. The van der Waals surface area contributed by atoms with E-state index in [9.17, 15) is 46.0 Å². The predicted molar refractivity (Wildman–Crippen MR) is 266 cm³/mol. The van der Waals surface area contributed by atoms with E-state index in [1.165, 1.54) is 0 Å². The number of phenols is 4. The molecule has 9 aromatic rings. The monoisotopic (exact) mass is 904 g/mol. The van der Waals surface area contributed by atoms with Crippen LogP contribution < -0.4 is 10.2 Å². The molecular weight excluding hydrogens is 867 g/mol. The molecule has 1 spiro atoms. The van der Waals surface area contributed by atoms with Crippen LogP contribution in [0, 0.1) is 0 Å². The molecule has 9 aromatic carbocycles. The number of fused-ring (bicyclic) bond motifs is 14. The first kappa shape index (κ1) is 41.4. The third-order valence-electron chi connectivity index (χ3n) is 13.9. The van der Waals surface area contributed by atoms with Gasteiger partial charge in [0.05, 0.1) is 16.6 Å². The van der Waals surface area contributed by atoms with Crippen molar-refractivity contribution in [2.24, 2.45) is 0 Å². The zero-order valence-electron chi connectivity index (χ0n) is 36.2. The molecule has 10 nitrogen and oxygen atoms in total. The van der Waals surface area contributed by atoms with E-state index in [1.807, 2.05) is 140 Å². The Labute approximate surface area is 394 Å². The maximum Gasteiger partial charge on any atom is 0.199 e. The Balaban J connectivity index is 1.25. The largest absolute Gasteiger partial charge is 0.507 e. The molecule has 3 aliphatic rings. The van der Waals surface area contributed by atoms with Crippen molar-refractivity contribution in [3.8, 4) is 79.0 Å². The number of aliphatic hydroxyl groups is 5. The van der Waals surface area contributed by atoms with Gasteiger partial charge < -0.3 is 50.7 Å². The van der Waals surface area contributed by atoms with E-state index in [-0.39, 0.29) is 22.3 Å². The second-order valence-electron chi connectivity index (χ2n) is 17.5. The van der Waals surface area contributed by atoms with Crippen molar-refractivity contribution in [2.45, 2.75) is 11.5 Å². The maximum atomic E-state index is 11.5. The van der Waals surface area contributed by atoms with E-state index in [4.69, 9.17) is 12.6 Å². The molecule has 0 fully saturated rings. The maximum absolute atomic E-state index is 11.5. The van der Waals surface area contributed by atoms with Crippen molar-refractivity contribution in [3.63, 3.8) is 0 Å². The number of hydrogen-bond acceptors (Lipinski definition) is 10. The van der Waals surface area contributed by atoms with Gasteiger partial charge in [-0.15, -0.1) is 0 Å². The van der Waals surface area contributed by atoms with Crippen LogP contribution in [0.1, 0.15) is 27.8 Å². The van der Waals surface area contributed by atoms with E-state index in [2.05, 4.69) is 0 Å². The van der Waals surface area contributed by atoms with Gasteiger partial charge in [-0.1, -0.05) is 133 Å². The predicted octanol–water partition coefficient (Wildman–Crippen LogP) is 11.5. The standard InChI is InChI=1S/C58H37BO10/c59-50-55(66)53(64)47(54(65)56(50)67)33-16-20-37-41(24-33)58(39-21-17-30(28-9-3-1-4-10-28)25-44(39)69-45-26-31(18-22-40(45)58)29-11-5-2-6-12-29)49-36-19-15-32(23-38(36)34-13-7-8-14-35(34)48(37)49)46-42(60)27-43(61)51(62)57(68)52(46)63/h1-27,43,60-68H. The van der Waals surface area contributed by atoms with Crippen molar-refractivity contribution in [1.29, 1.82) is 0 Å². The summed E-state index contributed by atoms with van der Waals surface area (Å²) in [6.45, 7) is 0. The van der Waals surface area contributed by atoms with Crippen LogP contribution in [-0.2, 0) is 5.41 Å². The van der Waals surface area contributed by atoms with Crippen molar-refractivity contribution in [1.82, 2.24) is 0 Å². The highest BCUT2D eigenvalue weighted by Crippen LogP contribution is 2.66. The van der Waals surface area contributed by atoms with Gasteiger partial charge in [-0.25, -0.2) is 0 Å². The van der Waals surface area contributed by atoms with Crippen molar-refractivity contribution in [3.05, 3.63) is 215 Å². The van der Waals surface area contributed by atoms with Crippen LogP contribution in [0.5, 0.6) is 34.5 Å². The fourth-order valence-electron chi connectivity index (χ4n) is 10.7. The zero-order chi connectivity index (χ0) is 47.6. The van der Waals surface area contributed by atoms with E-state index in [1.54, 1.807) is 18.2 Å². The summed E-state index contributed by atoms with van der Waals surface area (Å²) >= 11 is 0. The molecule has 1 unspecified atom stereocenters. The average Bonchev–Trinajstić information content (AvgIpc) is 3.64. The van der Waals surface area contributed by atoms with Gasteiger partial charge in [0.2, 0.25) is 0 Å². The summed E-state index contributed by atoms with van der Waals surface area (Å²) in [6, 6.07) is 50.6. The molecule has 69 heavy (non-hydrogen) atoms. The van der Waals surface area contributed by atoms with Crippen LogP contribution in [-0.4, -0.2) is 59.9 Å². The number of benzene rings is 9. The minimum absolute atomic E-state index is 0.219. The van der Waals surface area contributed by atoms with Crippen molar-refractivity contribution in [2.75, 3.05) is 0 Å². The number of aromatic hydroxyl groups is 4. The van der Waals surface area contributed by atoms with Gasteiger partial charge in [-0.2, -0.15) is 0 Å². The molecule has 0 aromatic heterocycles. The molecule has 2 radical (unpaired) electrons. The lowest BCUT2D eigenvalue weighted by Crippen LogP contribution is -2.32. The minimum Gasteiger partial charge on any atom is -0.507 e. The number of rotatable bonds is 4. The van der Waals surface area contributed by atoms with Gasteiger partial charge in [-0.05, 0) is 113 Å². The van der Waals surface area contributed by atoms with Crippen LogP contribution in [0.15, 0.2) is 187 Å². The molecule has 1 heterocycles. The average molecular weight is 905 g/mol. The van der Waals surface area contributed by atoms with Crippen molar-refractivity contribution < 1.29 is 50.7 Å². The van der Waals surface area contributed by atoms with Gasteiger partial charge in [0.15, 0.2) is 40.3 Å². The Bertz CT molecular complexity index is 3700. The molecule has 0 bridgehead atoms. The minimum atomic E-state index is -1.79. The fourth-order valence-corrected chi connectivity index (χ4v) is 10.7. The Morgan fingerprint density at radius 2 is 0.986 bits per heavy atom. The first-order valence-corrected chi connectivity index (χ1v) is 22.0. The van der Waals surface area contributed by atoms with E-state index < -0.39 is 63.0 Å². The number of aliphatic hydroxyl groups excluding tert-OH is 5. The summed E-state index contributed by atoms with van der Waals surface area (Å²) in [4.78, 5) is 0. The molecule has 0 amide bonds. The van der Waals surface area contributed by atoms with Crippen LogP contribution in [0.25, 0.3) is 71.6 Å². The SMILES string of the molecule is [B]c1c(O)c(O)c(-c2ccc3c(c2)C2(c4ccc(-c5ccccc5)cc4Oc4cc(-c5ccccc5)ccc42)c2c-3c3ccccc3c3cc(C4=C(O)C(O)=C(O)C(O)C=C4O)ccc23)c(O)c1O. The summed E-state index contributed by atoms with van der Waals surface area (Å²) in [5, 5.41) is 102. The Morgan fingerprint density at radius 1 is 0.435 bits per heavy atom. The van der Waals surface area contributed by atoms with Gasteiger partial charge in [-0.3, -0.25) is 0 Å².